The molecule has 0 atom stereocenters. The van der Waals surface area contributed by atoms with Gasteiger partial charge in [0.05, 0.1) is 11.4 Å². The van der Waals surface area contributed by atoms with Gasteiger partial charge in [-0.25, -0.2) is 4.68 Å². The fourth-order valence-electron chi connectivity index (χ4n) is 2.11. The lowest BCUT2D eigenvalue weighted by Crippen LogP contribution is -2.10. The Labute approximate surface area is 109 Å². The second kappa shape index (κ2) is 5.36. The lowest BCUT2D eigenvalue weighted by molar-refractivity contribution is 0.788. The van der Waals surface area contributed by atoms with Gasteiger partial charge in [-0.1, -0.05) is 12.1 Å². The van der Waals surface area contributed by atoms with Crippen LogP contribution in [0.5, 0.6) is 0 Å². The van der Waals surface area contributed by atoms with Gasteiger partial charge < -0.3 is 5.32 Å². The van der Waals surface area contributed by atoms with Crippen LogP contribution in [0.1, 0.15) is 22.4 Å². The Morgan fingerprint density at radius 1 is 1.22 bits per heavy atom. The van der Waals surface area contributed by atoms with Crippen LogP contribution in [-0.4, -0.2) is 23.4 Å². The number of rotatable bonds is 4. The molecule has 0 aliphatic rings. The lowest BCUT2D eigenvalue weighted by atomic mass is 10.1. The van der Waals surface area contributed by atoms with Crippen molar-refractivity contribution < 1.29 is 0 Å². The summed E-state index contributed by atoms with van der Waals surface area (Å²) in [6, 6.07) is 6.34. The zero-order valence-electron chi connectivity index (χ0n) is 11.6. The summed E-state index contributed by atoms with van der Waals surface area (Å²) in [5.41, 5.74) is 6.20. The van der Waals surface area contributed by atoms with E-state index in [1.54, 1.807) is 0 Å². The van der Waals surface area contributed by atoms with Crippen molar-refractivity contribution in [3.05, 3.63) is 46.8 Å². The molecule has 0 fully saturated rings. The molecule has 96 valence electrons. The van der Waals surface area contributed by atoms with Crippen LogP contribution in [0, 0.1) is 20.8 Å². The maximum atomic E-state index is 4.62. The molecule has 0 aliphatic carbocycles. The highest BCUT2D eigenvalue weighted by molar-refractivity contribution is 5.44. The van der Waals surface area contributed by atoms with Crippen LogP contribution < -0.4 is 5.32 Å². The number of nitrogens with one attached hydrogen (secondary N) is 1. The number of hydrogen-bond acceptors (Lipinski definition) is 2. The van der Waals surface area contributed by atoms with E-state index in [0.29, 0.717) is 0 Å². The van der Waals surface area contributed by atoms with E-state index in [1.807, 2.05) is 11.7 Å². The van der Waals surface area contributed by atoms with Gasteiger partial charge in [-0.3, -0.25) is 0 Å². The van der Waals surface area contributed by atoms with Crippen LogP contribution in [0.25, 0.3) is 5.69 Å². The Morgan fingerprint density at radius 3 is 2.72 bits per heavy atom. The zero-order valence-corrected chi connectivity index (χ0v) is 11.6. The van der Waals surface area contributed by atoms with Gasteiger partial charge in [0.25, 0.3) is 0 Å². The predicted molar refractivity (Wildman–Crippen MR) is 75.4 cm³/mol. The van der Waals surface area contributed by atoms with E-state index >= 15 is 0 Å². The fourth-order valence-corrected chi connectivity index (χ4v) is 2.11. The third-order valence-electron chi connectivity index (χ3n) is 3.47. The molecule has 1 N–H and O–H groups in total. The van der Waals surface area contributed by atoms with Crippen molar-refractivity contribution in [2.75, 3.05) is 13.6 Å². The zero-order chi connectivity index (χ0) is 13.1. The van der Waals surface area contributed by atoms with E-state index in [-0.39, 0.29) is 0 Å². The van der Waals surface area contributed by atoms with Crippen molar-refractivity contribution in [3.63, 3.8) is 0 Å². The molecule has 0 aliphatic heterocycles. The molecule has 0 amide bonds. The fraction of sp³-hybridized carbons (Fsp3) is 0.400. The number of hydrogen-bond donors (Lipinski definition) is 1. The van der Waals surface area contributed by atoms with Crippen LogP contribution in [0.4, 0.5) is 0 Å². The van der Waals surface area contributed by atoms with Crippen molar-refractivity contribution in [1.82, 2.24) is 15.1 Å². The number of nitrogens with zero attached hydrogens (tertiary/aromatic N) is 2. The molecule has 0 spiro atoms. The van der Waals surface area contributed by atoms with Crippen LogP contribution in [0.15, 0.2) is 24.4 Å². The molecular formula is C15H21N3. The van der Waals surface area contributed by atoms with E-state index in [0.717, 1.165) is 18.7 Å². The Hall–Kier alpha value is -1.61. The molecule has 1 heterocycles. The first-order valence-corrected chi connectivity index (χ1v) is 6.40. The van der Waals surface area contributed by atoms with E-state index in [2.05, 4.69) is 55.6 Å². The number of benzene rings is 1. The predicted octanol–water partition coefficient (Wildman–Crippen LogP) is 2.56. The largest absolute Gasteiger partial charge is 0.319 e. The third-order valence-corrected chi connectivity index (χ3v) is 3.47. The second-order valence-corrected chi connectivity index (χ2v) is 4.76. The molecule has 1 aromatic heterocycles. The average Bonchev–Trinajstić information content (AvgIpc) is 2.71. The Bertz CT molecular complexity index is 541. The Balaban J connectivity index is 2.36. The standard InChI is InChI=1S/C15H21N3/c1-11-6-5-7-15(12(11)2)18-10-14(8-9-16-4)13(3)17-18/h5-7,10,16H,8-9H2,1-4H3. The topological polar surface area (TPSA) is 29.9 Å². The minimum atomic E-state index is 0.985. The molecule has 0 saturated carbocycles. The Morgan fingerprint density at radius 2 is 2.00 bits per heavy atom. The highest BCUT2D eigenvalue weighted by Crippen LogP contribution is 2.18. The van der Waals surface area contributed by atoms with E-state index in [4.69, 9.17) is 0 Å². The van der Waals surface area contributed by atoms with Crippen LogP contribution in [0.2, 0.25) is 0 Å². The van der Waals surface area contributed by atoms with Crippen molar-refractivity contribution in [2.24, 2.45) is 0 Å². The average molecular weight is 243 g/mol. The molecule has 0 unspecified atom stereocenters. The van der Waals surface area contributed by atoms with Gasteiger partial charge in [-0.05, 0) is 63.5 Å². The van der Waals surface area contributed by atoms with Crippen molar-refractivity contribution in [3.8, 4) is 5.69 Å². The van der Waals surface area contributed by atoms with Gasteiger partial charge in [0.15, 0.2) is 0 Å². The van der Waals surface area contributed by atoms with Crippen molar-refractivity contribution >= 4 is 0 Å². The molecule has 2 rings (SSSR count). The molecule has 0 radical (unpaired) electrons. The van der Waals surface area contributed by atoms with Crippen LogP contribution >= 0.6 is 0 Å². The smallest absolute Gasteiger partial charge is 0.0677 e. The van der Waals surface area contributed by atoms with Crippen LogP contribution in [0.3, 0.4) is 0 Å². The van der Waals surface area contributed by atoms with E-state index < -0.39 is 0 Å². The summed E-state index contributed by atoms with van der Waals surface area (Å²) in [7, 11) is 1.98. The molecule has 3 heteroatoms. The summed E-state index contributed by atoms with van der Waals surface area (Å²) in [6.45, 7) is 7.35. The second-order valence-electron chi connectivity index (χ2n) is 4.76. The van der Waals surface area contributed by atoms with Gasteiger partial charge in [0, 0.05) is 6.20 Å². The quantitative estimate of drug-likeness (QED) is 0.894. The maximum Gasteiger partial charge on any atom is 0.0677 e. The Kier molecular flexibility index (Phi) is 3.82. The molecule has 0 bridgehead atoms. The molecule has 2 aromatic rings. The highest BCUT2D eigenvalue weighted by Gasteiger charge is 2.08. The first-order chi connectivity index (χ1) is 8.63. The summed E-state index contributed by atoms with van der Waals surface area (Å²) >= 11 is 0. The van der Waals surface area contributed by atoms with Gasteiger partial charge in [-0.15, -0.1) is 0 Å². The van der Waals surface area contributed by atoms with E-state index in [1.165, 1.54) is 22.4 Å². The first-order valence-electron chi connectivity index (χ1n) is 6.40. The van der Waals surface area contributed by atoms with E-state index in [9.17, 15) is 0 Å². The number of aryl methyl sites for hydroxylation is 2. The van der Waals surface area contributed by atoms with Gasteiger partial charge in [-0.2, -0.15) is 5.10 Å². The summed E-state index contributed by atoms with van der Waals surface area (Å²) < 4.78 is 2.00. The minimum absolute atomic E-state index is 0.985. The molecule has 1 aromatic carbocycles. The van der Waals surface area contributed by atoms with Crippen LogP contribution in [-0.2, 0) is 6.42 Å². The molecule has 0 saturated heterocycles. The number of aromatic nitrogens is 2. The van der Waals surface area contributed by atoms with Crippen molar-refractivity contribution in [2.45, 2.75) is 27.2 Å². The summed E-state index contributed by atoms with van der Waals surface area (Å²) in [6.07, 6.45) is 3.17. The van der Waals surface area contributed by atoms with Gasteiger partial charge in [0.1, 0.15) is 0 Å². The molecule has 18 heavy (non-hydrogen) atoms. The third kappa shape index (κ3) is 2.46. The summed E-state index contributed by atoms with van der Waals surface area (Å²) in [4.78, 5) is 0. The maximum absolute atomic E-state index is 4.62. The monoisotopic (exact) mass is 243 g/mol. The highest BCUT2D eigenvalue weighted by atomic mass is 15.3. The first kappa shape index (κ1) is 12.8. The molecular weight excluding hydrogens is 222 g/mol. The van der Waals surface area contributed by atoms with Gasteiger partial charge >= 0.3 is 0 Å². The van der Waals surface area contributed by atoms with Gasteiger partial charge in [0.2, 0.25) is 0 Å². The number of likely N-dealkylation sites (N-methyl/N-ethyl adjacent to an activating group) is 1. The molecule has 3 nitrogen and oxygen atoms in total. The summed E-state index contributed by atoms with van der Waals surface area (Å²) in [5.74, 6) is 0. The lowest BCUT2D eigenvalue weighted by Gasteiger charge is -2.07. The summed E-state index contributed by atoms with van der Waals surface area (Å²) in [5, 5.41) is 7.80. The van der Waals surface area contributed by atoms with Crippen molar-refractivity contribution in [1.29, 1.82) is 0 Å². The SMILES string of the molecule is CNCCc1cn(-c2cccc(C)c2C)nc1C. The minimum Gasteiger partial charge on any atom is -0.319 e. The normalized spacial score (nSPS) is 10.9.